The number of nitrogens with two attached hydrogens (primary N) is 1. The number of nitrogens with zero attached hydrogens (tertiary/aromatic N) is 3. The van der Waals surface area contributed by atoms with Crippen LogP contribution in [-0.2, 0) is 6.54 Å². The highest BCUT2D eigenvalue weighted by Crippen LogP contribution is 2.07. The fourth-order valence-electron chi connectivity index (χ4n) is 1.53. The van der Waals surface area contributed by atoms with Crippen molar-refractivity contribution in [3.05, 3.63) is 48.3 Å². The van der Waals surface area contributed by atoms with Gasteiger partial charge >= 0.3 is 0 Å². The third-order valence-electron chi connectivity index (χ3n) is 2.49. The van der Waals surface area contributed by atoms with Crippen LogP contribution in [0.4, 0.5) is 5.69 Å². The number of aromatic nitrogens is 2. The number of aliphatic imine (C=N–C) groups is 1. The lowest BCUT2D eigenvalue weighted by Gasteiger charge is -2.05. The molecule has 1 heterocycles. The molecule has 1 aromatic carbocycles. The summed E-state index contributed by atoms with van der Waals surface area (Å²) >= 11 is 0. The van der Waals surface area contributed by atoms with Gasteiger partial charge in [-0.25, -0.2) is 0 Å². The number of nitrogens with one attached hydrogen (secondary N) is 1. The van der Waals surface area contributed by atoms with E-state index in [1.165, 1.54) is 5.56 Å². The first kappa shape index (κ1) is 15.5. The van der Waals surface area contributed by atoms with Gasteiger partial charge in [0.15, 0.2) is 5.96 Å². The molecule has 102 valence electrons. The van der Waals surface area contributed by atoms with Crippen molar-refractivity contribution in [2.24, 2.45) is 10.7 Å². The molecule has 6 heteroatoms. The Hall–Kier alpha value is -1.57. The van der Waals surface area contributed by atoms with E-state index in [1.807, 2.05) is 48.1 Å². The van der Waals surface area contributed by atoms with Crippen LogP contribution in [0.15, 0.2) is 47.7 Å². The summed E-state index contributed by atoms with van der Waals surface area (Å²) in [5.74, 6) is 0.422. The molecule has 0 unspecified atom stereocenters. The maximum atomic E-state index is 5.79. The first-order valence-electron chi connectivity index (χ1n) is 5.85. The molecule has 0 spiro atoms. The predicted molar refractivity (Wildman–Crippen MR) is 88.9 cm³/mol. The Morgan fingerprint density at radius 2 is 2.11 bits per heavy atom. The molecular weight excluding hydrogens is 353 g/mol. The molecule has 0 bridgehead atoms. The molecule has 0 aliphatic rings. The summed E-state index contributed by atoms with van der Waals surface area (Å²) in [4.78, 5) is 4.24. The molecule has 0 saturated carbocycles. The molecule has 0 atom stereocenters. The lowest BCUT2D eigenvalue weighted by molar-refractivity contribution is 0.625. The first-order valence-corrected chi connectivity index (χ1v) is 5.85. The van der Waals surface area contributed by atoms with Crippen LogP contribution in [0.5, 0.6) is 0 Å². The number of hydrogen-bond acceptors (Lipinski definition) is 2. The fourth-order valence-corrected chi connectivity index (χ4v) is 1.53. The molecule has 0 radical (unpaired) electrons. The van der Waals surface area contributed by atoms with Crippen molar-refractivity contribution in [3.8, 4) is 0 Å². The number of anilines is 1. The molecule has 2 aromatic rings. The van der Waals surface area contributed by atoms with Crippen molar-refractivity contribution >= 4 is 35.6 Å². The lowest BCUT2D eigenvalue weighted by Crippen LogP contribution is -2.23. The maximum Gasteiger partial charge on any atom is 0.193 e. The van der Waals surface area contributed by atoms with Gasteiger partial charge in [0.1, 0.15) is 0 Å². The number of rotatable bonds is 4. The summed E-state index contributed by atoms with van der Waals surface area (Å²) in [6.45, 7) is 3.38. The van der Waals surface area contributed by atoms with Gasteiger partial charge < -0.3 is 11.1 Å². The SMILES string of the molecule is Cc1ccc(NC(N)=NCCn2cccn2)cc1.I. The van der Waals surface area contributed by atoms with Crippen LogP contribution < -0.4 is 11.1 Å². The third-order valence-corrected chi connectivity index (χ3v) is 2.49. The molecule has 0 fully saturated rings. The zero-order chi connectivity index (χ0) is 12.8. The van der Waals surface area contributed by atoms with Gasteiger partial charge in [-0.15, -0.1) is 24.0 Å². The molecular formula is C13H18IN5. The summed E-state index contributed by atoms with van der Waals surface area (Å²) in [6.07, 6.45) is 3.65. The van der Waals surface area contributed by atoms with E-state index < -0.39 is 0 Å². The van der Waals surface area contributed by atoms with E-state index in [4.69, 9.17) is 5.73 Å². The van der Waals surface area contributed by atoms with Crippen molar-refractivity contribution in [3.63, 3.8) is 0 Å². The van der Waals surface area contributed by atoms with Crippen molar-refractivity contribution in [1.82, 2.24) is 9.78 Å². The topological polar surface area (TPSA) is 68.2 Å². The minimum absolute atomic E-state index is 0. The number of aryl methyl sites for hydroxylation is 1. The first-order chi connectivity index (χ1) is 8.74. The zero-order valence-corrected chi connectivity index (χ0v) is 13.1. The Morgan fingerprint density at radius 3 is 2.74 bits per heavy atom. The largest absolute Gasteiger partial charge is 0.370 e. The fraction of sp³-hybridized carbons (Fsp3) is 0.231. The summed E-state index contributed by atoms with van der Waals surface area (Å²) < 4.78 is 1.82. The van der Waals surface area contributed by atoms with Crippen LogP contribution in [0.3, 0.4) is 0 Å². The van der Waals surface area contributed by atoms with Gasteiger partial charge in [-0.3, -0.25) is 9.67 Å². The molecule has 1 aromatic heterocycles. The number of hydrogen-bond donors (Lipinski definition) is 2. The van der Waals surface area contributed by atoms with E-state index in [0.717, 1.165) is 12.2 Å². The molecule has 5 nitrogen and oxygen atoms in total. The Labute approximate surface area is 129 Å². The highest BCUT2D eigenvalue weighted by Gasteiger charge is 1.95. The van der Waals surface area contributed by atoms with Crippen molar-refractivity contribution in [1.29, 1.82) is 0 Å². The second-order valence-electron chi connectivity index (χ2n) is 4.03. The smallest absolute Gasteiger partial charge is 0.193 e. The summed E-state index contributed by atoms with van der Waals surface area (Å²) in [6, 6.07) is 9.90. The van der Waals surface area contributed by atoms with Gasteiger partial charge in [0, 0.05) is 18.1 Å². The Morgan fingerprint density at radius 1 is 1.37 bits per heavy atom. The van der Waals surface area contributed by atoms with E-state index >= 15 is 0 Å². The normalized spacial score (nSPS) is 10.9. The van der Waals surface area contributed by atoms with E-state index in [2.05, 4.69) is 15.4 Å². The Bertz CT molecular complexity index is 504. The molecule has 0 aliphatic heterocycles. The van der Waals surface area contributed by atoms with E-state index in [-0.39, 0.29) is 24.0 Å². The van der Waals surface area contributed by atoms with Gasteiger partial charge in [0.05, 0.1) is 13.1 Å². The minimum Gasteiger partial charge on any atom is -0.370 e. The van der Waals surface area contributed by atoms with E-state index in [0.29, 0.717) is 12.5 Å². The molecule has 3 N–H and O–H groups in total. The Balaban J connectivity index is 0.00000180. The molecule has 19 heavy (non-hydrogen) atoms. The summed E-state index contributed by atoms with van der Waals surface area (Å²) in [5.41, 5.74) is 7.96. The van der Waals surface area contributed by atoms with E-state index in [9.17, 15) is 0 Å². The average Bonchev–Trinajstić information content (AvgIpc) is 2.85. The molecule has 0 saturated heterocycles. The van der Waals surface area contributed by atoms with Gasteiger partial charge in [-0.1, -0.05) is 17.7 Å². The highest BCUT2D eigenvalue weighted by atomic mass is 127. The Kier molecular flexibility index (Phi) is 6.34. The van der Waals surface area contributed by atoms with Gasteiger partial charge in [-0.05, 0) is 25.1 Å². The van der Waals surface area contributed by atoms with Crippen molar-refractivity contribution in [2.75, 3.05) is 11.9 Å². The monoisotopic (exact) mass is 371 g/mol. The van der Waals surface area contributed by atoms with Crippen molar-refractivity contribution in [2.45, 2.75) is 13.5 Å². The summed E-state index contributed by atoms with van der Waals surface area (Å²) in [5, 5.41) is 7.14. The quantitative estimate of drug-likeness (QED) is 0.492. The zero-order valence-electron chi connectivity index (χ0n) is 10.8. The third kappa shape index (κ3) is 5.29. The van der Waals surface area contributed by atoms with Gasteiger partial charge in [0.25, 0.3) is 0 Å². The molecule has 2 rings (SSSR count). The van der Waals surface area contributed by atoms with Crippen LogP contribution >= 0.6 is 24.0 Å². The molecule has 0 amide bonds. The van der Waals surface area contributed by atoms with Gasteiger partial charge in [0.2, 0.25) is 0 Å². The van der Waals surface area contributed by atoms with Crippen molar-refractivity contribution < 1.29 is 0 Å². The maximum absolute atomic E-state index is 5.79. The predicted octanol–water partition coefficient (Wildman–Crippen LogP) is 2.24. The number of guanidine groups is 1. The highest BCUT2D eigenvalue weighted by molar-refractivity contribution is 14.0. The lowest BCUT2D eigenvalue weighted by atomic mass is 10.2. The van der Waals surface area contributed by atoms with E-state index in [1.54, 1.807) is 6.20 Å². The van der Waals surface area contributed by atoms with Crippen LogP contribution in [0.1, 0.15) is 5.56 Å². The van der Waals surface area contributed by atoms with Crippen LogP contribution in [0.25, 0.3) is 0 Å². The summed E-state index contributed by atoms with van der Waals surface area (Å²) in [7, 11) is 0. The second-order valence-corrected chi connectivity index (χ2v) is 4.03. The van der Waals surface area contributed by atoms with Crippen LogP contribution in [0.2, 0.25) is 0 Å². The van der Waals surface area contributed by atoms with Crippen LogP contribution in [-0.4, -0.2) is 22.3 Å². The molecule has 0 aliphatic carbocycles. The number of halogens is 1. The standard InChI is InChI=1S/C13H17N5.HI/c1-11-3-5-12(6-4-11)17-13(14)15-8-10-18-9-2-7-16-18;/h2-7,9H,8,10H2,1H3,(H3,14,15,17);1H. The van der Waals surface area contributed by atoms with Gasteiger partial charge in [-0.2, -0.15) is 5.10 Å². The minimum atomic E-state index is 0. The average molecular weight is 371 g/mol. The second kappa shape index (κ2) is 7.78. The van der Waals surface area contributed by atoms with Crippen LogP contribution in [0, 0.1) is 6.92 Å². The number of benzene rings is 1.